The molecule has 1 aliphatic carbocycles. The summed E-state index contributed by atoms with van der Waals surface area (Å²) in [6.45, 7) is 4.38. The molecule has 0 amide bonds. The zero-order chi connectivity index (χ0) is 19.6. The average molecular weight is 376 g/mol. The van der Waals surface area contributed by atoms with Crippen LogP contribution in [0.5, 0.6) is 0 Å². The molecule has 0 aromatic carbocycles. The minimum atomic E-state index is -0.137. The number of guanidine groups is 1. The highest BCUT2D eigenvalue weighted by Crippen LogP contribution is 2.26. The van der Waals surface area contributed by atoms with Gasteiger partial charge < -0.3 is 29.7 Å². The Morgan fingerprint density at radius 1 is 1.37 bits per heavy atom. The molecule has 1 unspecified atom stereocenters. The summed E-state index contributed by atoms with van der Waals surface area (Å²) >= 11 is 0. The van der Waals surface area contributed by atoms with Crippen LogP contribution in [0.1, 0.15) is 19.8 Å². The normalized spacial score (nSPS) is 19.6. The Morgan fingerprint density at radius 2 is 2.19 bits per heavy atom. The molecular weight excluding hydrogens is 348 g/mol. The predicted octanol–water partition coefficient (Wildman–Crippen LogP) is 0.924. The molecule has 1 heterocycles. The van der Waals surface area contributed by atoms with E-state index < -0.39 is 0 Å². The molecule has 1 aliphatic heterocycles. The number of allylic oxidation sites excluding steroid dienone is 1. The van der Waals surface area contributed by atoms with Gasteiger partial charge >= 0.3 is 0 Å². The van der Waals surface area contributed by atoms with E-state index in [4.69, 9.17) is 19.5 Å². The molecule has 1 atom stereocenters. The number of nitrogens with one attached hydrogen (secondary N) is 3. The predicted molar refractivity (Wildman–Crippen MR) is 102 cm³/mol. The lowest BCUT2D eigenvalue weighted by Gasteiger charge is -2.25. The molecule has 148 valence electrons. The summed E-state index contributed by atoms with van der Waals surface area (Å²) in [6.07, 6.45) is 7.35. The van der Waals surface area contributed by atoms with Gasteiger partial charge in [0.1, 0.15) is 5.76 Å². The molecule has 27 heavy (non-hydrogen) atoms. The van der Waals surface area contributed by atoms with Crippen LogP contribution in [0.3, 0.4) is 0 Å². The van der Waals surface area contributed by atoms with E-state index in [-0.39, 0.29) is 6.04 Å². The Balaban J connectivity index is 1.94. The van der Waals surface area contributed by atoms with Crippen molar-refractivity contribution in [1.29, 1.82) is 5.26 Å². The lowest BCUT2D eigenvalue weighted by atomic mass is 10.0. The van der Waals surface area contributed by atoms with Crippen molar-refractivity contribution in [3.8, 4) is 6.19 Å². The molecular formula is C18H28N6O3. The summed E-state index contributed by atoms with van der Waals surface area (Å²) in [5, 5.41) is 18.1. The molecule has 9 heteroatoms. The molecule has 0 bridgehead atoms. The van der Waals surface area contributed by atoms with Crippen LogP contribution < -0.4 is 16.0 Å². The van der Waals surface area contributed by atoms with Crippen molar-refractivity contribution in [1.82, 2.24) is 20.9 Å². The molecule has 0 fully saturated rings. The first kappa shape index (κ1) is 20.3. The third-order valence-corrected chi connectivity index (χ3v) is 4.21. The summed E-state index contributed by atoms with van der Waals surface area (Å²) in [7, 11) is 4.74. The number of methoxy groups -OCH3 is 3. The van der Waals surface area contributed by atoms with Crippen molar-refractivity contribution >= 4 is 5.96 Å². The number of nitrogens with zero attached hydrogens (tertiary/aromatic N) is 3. The second-order valence-corrected chi connectivity index (χ2v) is 6.13. The van der Waals surface area contributed by atoms with Crippen LogP contribution in [-0.4, -0.2) is 58.0 Å². The van der Waals surface area contributed by atoms with Gasteiger partial charge in [-0.25, -0.2) is 0 Å². The Labute approximate surface area is 160 Å². The summed E-state index contributed by atoms with van der Waals surface area (Å²) in [6, 6.07) is -0.137. The van der Waals surface area contributed by atoms with Crippen LogP contribution in [0.4, 0.5) is 0 Å². The van der Waals surface area contributed by atoms with Gasteiger partial charge in [0, 0.05) is 31.4 Å². The summed E-state index contributed by atoms with van der Waals surface area (Å²) < 4.78 is 16.1. The lowest BCUT2D eigenvalue weighted by molar-refractivity contribution is 0.170. The number of rotatable bonds is 8. The highest BCUT2D eigenvalue weighted by atomic mass is 16.5. The van der Waals surface area contributed by atoms with Crippen molar-refractivity contribution in [2.24, 2.45) is 4.99 Å². The van der Waals surface area contributed by atoms with Crippen molar-refractivity contribution < 1.29 is 14.2 Å². The van der Waals surface area contributed by atoms with Crippen LogP contribution in [0.25, 0.3) is 0 Å². The molecule has 0 spiro atoms. The molecule has 0 aromatic heterocycles. The maximum absolute atomic E-state index is 9.00. The lowest BCUT2D eigenvalue weighted by Crippen LogP contribution is -2.42. The van der Waals surface area contributed by atoms with Gasteiger partial charge in [0.2, 0.25) is 5.96 Å². The van der Waals surface area contributed by atoms with Crippen LogP contribution in [0.2, 0.25) is 0 Å². The smallest absolute Gasteiger partial charge is 0.205 e. The Bertz CT molecular complexity index is 677. The van der Waals surface area contributed by atoms with E-state index in [9.17, 15) is 0 Å². The fourth-order valence-corrected chi connectivity index (χ4v) is 2.94. The van der Waals surface area contributed by atoms with E-state index in [1.807, 2.05) is 19.2 Å². The van der Waals surface area contributed by atoms with Crippen molar-refractivity contribution in [3.63, 3.8) is 0 Å². The molecule has 3 N–H and O–H groups in total. The van der Waals surface area contributed by atoms with Gasteiger partial charge in [-0.05, 0) is 19.4 Å². The second-order valence-electron chi connectivity index (χ2n) is 6.13. The maximum atomic E-state index is 9.00. The van der Waals surface area contributed by atoms with Crippen LogP contribution in [0, 0.1) is 11.5 Å². The van der Waals surface area contributed by atoms with Crippen molar-refractivity contribution in [3.05, 3.63) is 35.3 Å². The first-order valence-electron chi connectivity index (χ1n) is 8.81. The van der Waals surface area contributed by atoms with Gasteiger partial charge in [0.25, 0.3) is 0 Å². The van der Waals surface area contributed by atoms with E-state index >= 15 is 0 Å². The third-order valence-electron chi connectivity index (χ3n) is 4.21. The topological polar surface area (TPSA) is 103 Å². The van der Waals surface area contributed by atoms with Gasteiger partial charge in [-0.2, -0.15) is 5.26 Å². The average Bonchev–Trinajstić information content (AvgIpc) is 3.09. The van der Waals surface area contributed by atoms with Crippen LogP contribution in [-0.2, 0) is 14.2 Å². The van der Waals surface area contributed by atoms with E-state index in [1.54, 1.807) is 21.3 Å². The van der Waals surface area contributed by atoms with Crippen molar-refractivity contribution in [2.75, 3.05) is 41.1 Å². The second kappa shape index (κ2) is 10.2. The minimum Gasteiger partial charge on any atom is -0.497 e. The van der Waals surface area contributed by atoms with Crippen LogP contribution in [0.15, 0.2) is 40.2 Å². The van der Waals surface area contributed by atoms with Gasteiger partial charge in [-0.15, -0.1) is 0 Å². The van der Waals surface area contributed by atoms with Crippen molar-refractivity contribution in [2.45, 2.75) is 25.8 Å². The molecule has 9 nitrogen and oxygen atoms in total. The molecule has 2 rings (SSSR count). The zero-order valence-corrected chi connectivity index (χ0v) is 16.3. The highest BCUT2D eigenvalue weighted by molar-refractivity contribution is 5.81. The Morgan fingerprint density at radius 3 is 2.78 bits per heavy atom. The minimum absolute atomic E-state index is 0.137. The van der Waals surface area contributed by atoms with E-state index in [0.717, 1.165) is 19.6 Å². The summed E-state index contributed by atoms with van der Waals surface area (Å²) in [5.74, 6) is 2.26. The number of hydrogen-bond acceptors (Lipinski definition) is 7. The number of nitriles is 1. The maximum Gasteiger partial charge on any atom is 0.205 e. The monoisotopic (exact) mass is 376 g/mol. The number of hydrogen-bond donors (Lipinski definition) is 3. The fraction of sp³-hybridized carbons (Fsp3) is 0.556. The van der Waals surface area contributed by atoms with Gasteiger partial charge in [-0.1, -0.05) is 0 Å². The van der Waals surface area contributed by atoms with Gasteiger partial charge in [0.15, 0.2) is 17.7 Å². The summed E-state index contributed by atoms with van der Waals surface area (Å²) in [5.41, 5.74) is 1.17. The Hall–Kier alpha value is -3.02. The summed E-state index contributed by atoms with van der Waals surface area (Å²) in [4.78, 5) is 6.68. The molecule has 0 saturated carbocycles. The van der Waals surface area contributed by atoms with Gasteiger partial charge in [-0.3, -0.25) is 10.3 Å². The van der Waals surface area contributed by atoms with Gasteiger partial charge in [0.05, 0.1) is 34.0 Å². The SMILES string of the molecule is COC1=CC(NC(=NCCCN2C=C(C)NC2)NC#N)CC(OC)=C1OC. The third kappa shape index (κ3) is 5.74. The van der Waals surface area contributed by atoms with E-state index in [0.29, 0.717) is 36.2 Å². The number of aliphatic imine (C=N–C) groups is 1. The first-order valence-corrected chi connectivity index (χ1v) is 8.81. The standard InChI is InChI=1S/C18H28N6O3/c1-13-10-24(12-22-13)7-5-6-20-18(21-11-19)23-14-8-15(25-2)17(27-4)16(9-14)26-3/h8,10,14,22H,5-7,9,12H2,1-4H3,(H2,20,21,23). The molecule has 2 aliphatic rings. The largest absolute Gasteiger partial charge is 0.497 e. The molecule has 0 radical (unpaired) electrons. The molecule has 0 saturated heterocycles. The Kier molecular flexibility index (Phi) is 7.67. The fourth-order valence-electron chi connectivity index (χ4n) is 2.94. The molecule has 0 aromatic rings. The first-order chi connectivity index (χ1) is 13.1. The van der Waals surface area contributed by atoms with Crippen LogP contribution >= 0.6 is 0 Å². The van der Waals surface area contributed by atoms with E-state index in [2.05, 4.69) is 32.0 Å². The highest BCUT2D eigenvalue weighted by Gasteiger charge is 2.25. The number of ether oxygens (including phenoxy) is 3. The zero-order valence-electron chi connectivity index (χ0n) is 16.3. The van der Waals surface area contributed by atoms with E-state index in [1.165, 1.54) is 5.70 Å². The quantitative estimate of drug-likeness (QED) is 0.189.